The van der Waals surface area contributed by atoms with Gasteiger partial charge in [-0.1, -0.05) is 61.0 Å². The Labute approximate surface area is 147 Å². The molecule has 0 aliphatic rings. The first-order valence-corrected chi connectivity index (χ1v) is 8.46. The van der Waals surface area contributed by atoms with Gasteiger partial charge in [0.1, 0.15) is 0 Å². The van der Waals surface area contributed by atoms with E-state index < -0.39 is 0 Å². The normalized spacial score (nSPS) is 10.8. The van der Waals surface area contributed by atoms with Crippen LogP contribution in [0.2, 0.25) is 5.02 Å². The summed E-state index contributed by atoms with van der Waals surface area (Å²) in [5.41, 5.74) is 6.07. The quantitative estimate of drug-likeness (QED) is 0.542. The Morgan fingerprint density at radius 2 is 1.54 bits per heavy atom. The van der Waals surface area contributed by atoms with E-state index in [1.54, 1.807) is 0 Å². The minimum absolute atomic E-state index is 0.152. The van der Waals surface area contributed by atoms with E-state index in [9.17, 15) is 4.79 Å². The van der Waals surface area contributed by atoms with Crippen LogP contribution in [0.15, 0.2) is 54.6 Å². The monoisotopic (exact) mass is 337 g/mol. The Kier molecular flexibility index (Phi) is 4.59. The number of ketones is 1. The van der Waals surface area contributed by atoms with Crippen LogP contribution >= 0.6 is 11.6 Å². The number of halogens is 1. The van der Waals surface area contributed by atoms with Crippen molar-refractivity contribution < 1.29 is 4.79 Å². The molecule has 24 heavy (non-hydrogen) atoms. The molecule has 1 aromatic heterocycles. The third-order valence-electron chi connectivity index (χ3n) is 4.47. The molecule has 0 N–H and O–H groups in total. The molecule has 0 fully saturated rings. The summed E-state index contributed by atoms with van der Waals surface area (Å²) in [5, 5.41) is 0.707. The topological polar surface area (TPSA) is 22.0 Å². The highest BCUT2D eigenvalue weighted by molar-refractivity contribution is 6.30. The summed E-state index contributed by atoms with van der Waals surface area (Å²) in [4.78, 5) is 12.6. The van der Waals surface area contributed by atoms with Crippen LogP contribution in [0.4, 0.5) is 0 Å². The van der Waals surface area contributed by atoms with Crippen LogP contribution in [-0.2, 0) is 7.05 Å². The smallest absolute Gasteiger partial charge is 0.179 e. The molecule has 0 aliphatic carbocycles. The third-order valence-corrected chi connectivity index (χ3v) is 4.72. The van der Waals surface area contributed by atoms with E-state index in [-0.39, 0.29) is 5.78 Å². The fourth-order valence-electron chi connectivity index (χ4n) is 3.15. The van der Waals surface area contributed by atoms with Crippen LogP contribution in [-0.4, -0.2) is 10.4 Å². The third kappa shape index (κ3) is 2.78. The molecule has 2 nitrogen and oxygen atoms in total. The summed E-state index contributed by atoms with van der Waals surface area (Å²) in [5.74, 6) is 0.152. The van der Waals surface area contributed by atoms with Crippen LogP contribution in [0.25, 0.3) is 22.3 Å². The molecule has 0 amide bonds. The molecular weight excluding hydrogens is 318 g/mol. The molecule has 0 saturated carbocycles. The standard InChI is InChI=1S/C21H20ClNO/c1-4-18(24)21-20(15-8-6-5-7-9-15)19(14(2)23(21)3)16-10-12-17(22)13-11-16/h5-13H,4H2,1-3H3. The SMILES string of the molecule is CCC(=O)c1c(-c2ccccc2)c(-c2ccc(Cl)cc2)c(C)n1C. The molecule has 3 aromatic rings. The lowest BCUT2D eigenvalue weighted by atomic mass is 9.94. The fourth-order valence-corrected chi connectivity index (χ4v) is 3.28. The predicted molar refractivity (Wildman–Crippen MR) is 101 cm³/mol. The predicted octanol–water partition coefficient (Wildman–Crippen LogP) is 5.91. The van der Waals surface area contributed by atoms with Gasteiger partial charge in [0.25, 0.3) is 0 Å². The molecule has 0 spiro atoms. The molecule has 3 heteroatoms. The Morgan fingerprint density at radius 3 is 2.12 bits per heavy atom. The van der Waals surface area contributed by atoms with Crippen LogP contribution in [0.1, 0.15) is 29.5 Å². The highest BCUT2D eigenvalue weighted by Gasteiger charge is 2.24. The van der Waals surface area contributed by atoms with Crippen molar-refractivity contribution in [3.63, 3.8) is 0 Å². The first-order valence-electron chi connectivity index (χ1n) is 8.08. The zero-order chi connectivity index (χ0) is 17.3. The van der Waals surface area contributed by atoms with Crippen LogP contribution in [0.5, 0.6) is 0 Å². The van der Waals surface area contributed by atoms with Gasteiger partial charge in [0.2, 0.25) is 0 Å². The molecule has 0 aliphatic heterocycles. The fraction of sp³-hybridized carbons (Fsp3) is 0.190. The van der Waals surface area contributed by atoms with Crippen molar-refractivity contribution in [2.24, 2.45) is 7.05 Å². The minimum Gasteiger partial charge on any atom is -0.344 e. The van der Waals surface area contributed by atoms with Gasteiger partial charge in [-0.15, -0.1) is 0 Å². The zero-order valence-corrected chi connectivity index (χ0v) is 14.9. The number of carbonyl (C=O) groups is 1. The number of carbonyl (C=O) groups excluding carboxylic acids is 1. The molecule has 122 valence electrons. The van der Waals surface area contributed by atoms with Gasteiger partial charge >= 0.3 is 0 Å². The molecule has 0 bridgehead atoms. The average Bonchev–Trinajstić information content (AvgIpc) is 2.87. The highest BCUT2D eigenvalue weighted by Crippen LogP contribution is 2.40. The molecule has 1 heterocycles. The Morgan fingerprint density at radius 1 is 0.958 bits per heavy atom. The molecule has 0 atom stereocenters. The summed E-state index contributed by atoms with van der Waals surface area (Å²) >= 11 is 6.05. The lowest BCUT2D eigenvalue weighted by Gasteiger charge is -2.09. The van der Waals surface area contributed by atoms with Crippen molar-refractivity contribution in [3.8, 4) is 22.3 Å². The van der Waals surface area contributed by atoms with E-state index in [1.165, 1.54) is 0 Å². The van der Waals surface area contributed by atoms with Gasteiger partial charge in [-0.2, -0.15) is 0 Å². The first kappa shape index (κ1) is 16.5. The van der Waals surface area contributed by atoms with Crippen LogP contribution in [0, 0.1) is 6.92 Å². The van der Waals surface area contributed by atoms with Gasteiger partial charge in [0.05, 0.1) is 5.69 Å². The molecule has 0 radical (unpaired) electrons. The largest absolute Gasteiger partial charge is 0.344 e. The van der Waals surface area contributed by atoms with Crippen LogP contribution < -0.4 is 0 Å². The number of hydrogen-bond acceptors (Lipinski definition) is 1. The van der Waals surface area contributed by atoms with Gasteiger partial charge in [-0.25, -0.2) is 0 Å². The lowest BCUT2D eigenvalue weighted by molar-refractivity contribution is 0.0981. The molecule has 0 unspecified atom stereocenters. The van der Waals surface area contributed by atoms with Crippen molar-refractivity contribution in [2.45, 2.75) is 20.3 Å². The lowest BCUT2D eigenvalue weighted by Crippen LogP contribution is -2.06. The van der Waals surface area contributed by atoms with Gasteiger partial charge in [-0.05, 0) is 30.2 Å². The Hall–Kier alpha value is -2.32. The number of Topliss-reactive ketones (excluding diaryl/α,β-unsaturated/α-hetero) is 1. The van der Waals surface area contributed by atoms with E-state index >= 15 is 0 Å². The second-order valence-electron chi connectivity index (χ2n) is 5.89. The maximum Gasteiger partial charge on any atom is 0.179 e. The summed E-state index contributed by atoms with van der Waals surface area (Å²) in [6, 6.07) is 17.9. The van der Waals surface area contributed by atoms with Gasteiger partial charge < -0.3 is 4.57 Å². The number of hydrogen-bond donors (Lipinski definition) is 0. The van der Waals surface area contributed by atoms with E-state index in [1.807, 2.05) is 61.0 Å². The van der Waals surface area contributed by atoms with E-state index in [2.05, 4.69) is 19.1 Å². The summed E-state index contributed by atoms with van der Waals surface area (Å²) in [6.45, 7) is 3.96. The van der Waals surface area contributed by atoms with Crippen molar-refractivity contribution in [3.05, 3.63) is 71.0 Å². The highest BCUT2D eigenvalue weighted by atomic mass is 35.5. The van der Waals surface area contributed by atoms with Crippen molar-refractivity contribution in [1.82, 2.24) is 4.57 Å². The van der Waals surface area contributed by atoms with Crippen molar-refractivity contribution in [1.29, 1.82) is 0 Å². The van der Waals surface area contributed by atoms with E-state index in [0.29, 0.717) is 11.4 Å². The second kappa shape index (κ2) is 6.66. The molecule has 2 aromatic carbocycles. The first-order chi connectivity index (χ1) is 11.5. The van der Waals surface area contributed by atoms with Gasteiger partial charge in [0.15, 0.2) is 5.78 Å². The summed E-state index contributed by atoms with van der Waals surface area (Å²) < 4.78 is 2.01. The Bertz CT molecular complexity index is 876. The summed E-state index contributed by atoms with van der Waals surface area (Å²) in [7, 11) is 1.96. The minimum atomic E-state index is 0.152. The van der Waals surface area contributed by atoms with Crippen molar-refractivity contribution >= 4 is 17.4 Å². The van der Waals surface area contributed by atoms with Crippen LogP contribution in [0.3, 0.4) is 0 Å². The van der Waals surface area contributed by atoms with Crippen molar-refractivity contribution in [2.75, 3.05) is 0 Å². The van der Waals surface area contributed by atoms with E-state index in [4.69, 9.17) is 11.6 Å². The number of aromatic nitrogens is 1. The second-order valence-corrected chi connectivity index (χ2v) is 6.33. The number of rotatable bonds is 4. The molecule has 0 saturated heterocycles. The zero-order valence-electron chi connectivity index (χ0n) is 14.1. The van der Waals surface area contributed by atoms with Gasteiger partial charge in [0, 0.05) is 35.3 Å². The number of benzene rings is 2. The Balaban J connectivity index is 2.36. The van der Waals surface area contributed by atoms with E-state index in [0.717, 1.165) is 33.6 Å². The molecule has 3 rings (SSSR count). The summed E-state index contributed by atoms with van der Waals surface area (Å²) in [6.07, 6.45) is 0.483. The molecular formula is C21H20ClNO. The average molecular weight is 338 g/mol. The maximum atomic E-state index is 12.6. The maximum absolute atomic E-state index is 12.6. The van der Waals surface area contributed by atoms with Gasteiger partial charge in [-0.3, -0.25) is 4.79 Å². The number of nitrogens with zero attached hydrogens (tertiary/aromatic N) is 1.